The van der Waals surface area contributed by atoms with E-state index in [-0.39, 0.29) is 0 Å². The highest BCUT2D eigenvalue weighted by molar-refractivity contribution is 6.35. The highest BCUT2D eigenvalue weighted by Crippen LogP contribution is 2.14. The molecule has 3 heteroatoms. The number of hydrazone groups is 1. The highest BCUT2D eigenvalue weighted by Gasteiger charge is 2.13. The largest absolute Gasteiger partial charge is 0.357 e. The first-order valence-electron chi connectivity index (χ1n) is 3.06. The van der Waals surface area contributed by atoms with Crippen molar-refractivity contribution < 1.29 is 0 Å². The Morgan fingerprint density at radius 1 is 1.62 bits per heavy atom. The molecule has 0 bridgehead atoms. The lowest BCUT2D eigenvalue weighted by Gasteiger charge is -2.17. The summed E-state index contributed by atoms with van der Waals surface area (Å²) in [4.78, 5) is 0. The van der Waals surface area contributed by atoms with Crippen LogP contribution in [0.1, 0.15) is 13.8 Å². The number of nitrogens with one attached hydrogen (secondary N) is 1. The first kappa shape index (κ1) is 5.67. The van der Waals surface area contributed by atoms with Crippen molar-refractivity contribution in [2.24, 2.45) is 11.0 Å². The van der Waals surface area contributed by atoms with E-state index in [4.69, 9.17) is 0 Å². The summed E-state index contributed by atoms with van der Waals surface area (Å²) in [5.41, 5.74) is 0. The minimum Gasteiger partial charge on any atom is -0.357 e. The SMILES string of the molecule is CC1BNN=CC1C. The number of hydrogen-bond acceptors (Lipinski definition) is 2. The van der Waals surface area contributed by atoms with Crippen LogP contribution in [0.25, 0.3) is 0 Å². The summed E-state index contributed by atoms with van der Waals surface area (Å²) < 4.78 is 0. The van der Waals surface area contributed by atoms with Crippen molar-refractivity contribution in [3.05, 3.63) is 0 Å². The zero-order chi connectivity index (χ0) is 5.98. The standard InChI is InChI=1S/C5H11BN2/c1-4-3-7-8-6-5(4)2/h3-6,8H,1-2H3. The Bertz CT molecular complexity index is 103. The highest BCUT2D eigenvalue weighted by atomic mass is 15.2. The van der Waals surface area contributed by atoms with Crippen LogP contribution >= 0.6 is 0 Å². The summed E-state index contributed by atoms with van der Waals surface area (Å²) in [7, 11) is 1.03. The molecule has 44 valence electrons. The second-order valence-corrected chi connectivity index (χ2v) is 2.48. The van der Waals surface area contributed by atoms with Crippen molar-refractivity contribution in [3.8, 4) is 0 Å². The molecule has 1 aliphatic heterocycles. The van der Waals surface area contributed by atoms with Gasteiger partial charge in [-0.05, 0) is 11.7 Å². The molecular weight excluding hydrogens is 98.9 g/mol. The van der Waals surface area contributed by atoms with E-state index in [1.54, 1.807) is 0 Å². The number of rotatable bonds is 0. The molecule has 1 aliphatic rings. The van der Waals surface area contributed by atoms with E-state index in [1.165, 1.54) is 0 Å². The summed E-state index contributed by atoms with van der Waals surface area (Å²) in [6, 6.07) is 0. The van der Waals surface area contributed by atoms with Gasteiger partial charge in [0.25, 0.3) is 7.41 Å². The molecule has 0 aromatic rings. The molecule has 0 fully saturated rings. The third-order valence-corrected chi connectivity index (χ3v) is 1.71. The van der Waals surface area contributed by atoms with Gasteiger partial charge in [0.05, 0.1) is 0 Å². The second-order valence-electron chi connectivity index (χ2n) is 2.48. The quantitative estimate of drug-likeness (QED) is 0.447. The minimum absolute atomic E-state index is 0.649. The van der Waals surface area contributed by atoms with Crippen LogP contribution in [-0.4, -0.2) is 13.6 Å². The monoisotopic (exact) mass is 110 g/mol. The lowest BCUT2D eigenvalue weighted by atomic mass is 9.70. The Hall–Kier alpha value is -0.465. The summed E-state index contributed by atoms with van der Waals surface area (Å²) in [5.74, 6) is 1.39. The fraction of sp³-hybridized carbons (Fsp3) is 0.800. The van der Waals surface area contributed by atoms with Gasteiger partial charge in [0, 0.05) is 6.21 Å². The molecule has 0 aliphatic carbocycles. The summed E-state index contributed by atoms with van der Waals surface area (Å²) >= 11 is 0. The lowest BCUT2D eigenvalue weighted by molar-refractivity contribution is 0.706. The summed E-state index contributed by atoms with van der Waals surface area (Å²) in [6.07, 6.45) is 1.97. The molecule has 1 heterocycles. The van der Waals surface area contributed by atoms with E-state index in [2.05, 4.69) is 24.3 Å². The van der Waals surface area contributed by atoms with E-state index in [9.17, 15) is 0 Å². The van der Waals surface area contributed by atoms with E-state index in [1.807, 2.05) is 6.21 Å². The van der Waals surface area contributed by atoms with Crippen molar-refractivity contribution >= 4 is 13.6 Å². The van der Waals surface area contributed by atoms with Crippen LogP contribution in [0.5, 0.6) is 0 Å². The molecule has 0 aromatic heterocycles. The van der Waals surface area contributed by atoms with Crippen molar-refractivity contribution in [2.75, 3.05) is 0 Å². The molecule has 0 saturated carbocycles. The van der Waals surface area contributed by atoms with Gasteiger partial charge in [-0.15, -0.1) is 0 Å². The van der Waals surface area contributed by atoms with Gasteiger partial charge in [-0.25, -0.2) is 5.10 Å². The van der Waals surface area contributed by atoms with Gasteiger partial charge in [-0.3, -0.25) is 0 Å². The smallest absolute Gasteiger partial charge is 0.258 e. The first-order chi connectivity index (χ1) is 3.80. The van der Waals surface area contributed by atoms with Gasteiger partial charge in [0.1, 0.15) is 0 Å². The maximum atomic E-state index is 3.93. The third-order valence-electron chi connectivity index (χ3n) is 1.71. The average Bonchev–Trinajstić information content (AvgIpc) is 1.77. The third kappa shape index (κ3) is 1.03. The molecule has 2 unspecified atom stereocenters. The van der Waals surface area contributed by atoms with E-state index >= 15 is 0 Å². The summed E-state index contributed by atoms with van der Waals surface area (Å²) in [6.45, 7) is 4.41. The predicted octanol–water partition coefficient (Wildman–Crippen LogP) is 0.371. The molecule has 8 heavy (non-hydrogen) atoms. The van der Waals surface area contributed by atoms with Crippen LogP contribution in [0.4, 0.5) is 0 Å². The minimum atomic E-state index is 0.649. The normalized spacial score (nSPS) is 35.8. The average molecular weight is 110 g/mol. The molecular formula is C5H11BN2. The van der Waals surface area contributed by atoms with Crippen molar-refractivity contribution in [2.45, 2.75) is 19.7 Å². The van der Waals surface area contributed by atoms with Crippen LogP contribution in [-0.2, 0) is 0 Å². The van der Waals surface area contributed by atoms with Gasteiger partial charge in [0.2, 0.25) is 0 Å². The van der Waals surface area contributed by atoms with Gasteiger partial charge in [-0.2, -0.15) is 0 Å². The molecule has 0 spiro atoms. The Labute approximate surface area is 50.6 Å². The zero-order valence-corrected chi connectivity index (χ0v) is 5.39. The number of hydrogen-bond donors (Lipinski definition) is 1. The maximum Gasteiger partial charge on any atom is 0.258 e. The van der Waals surface area contributed by atoms with Crippen LogP contribution in [0, 0.1) is 5.92 Å². The molecule has 0 radical (unpaired) electrons. The lowest BCUT2D eigenvalue weighted by Crippen LogP contribution is -2.27. The fourth-order valence-corrected chi connectivity index (χ4v) is 0.700. The van der Waals surface area contributed by atoms with E-state index < -0.39 is 0 Å². The van der Waals surface area contributed by atoms with Crippen molar-refractivity contribution in [1.29, 1.82) is 0 Å². The van der Waals surface area contributed by atoms with E-state index in [0.717, 1.165) is 13.2 Å². The van der Waals surface area contributed by atoms with Gasteiger partial charge < -0.3 is 5.34 Å². The first-order valence-corrected chi connectivity index (χ1v) is 3.06. The molecule has 0 aromatic carbocycles. The van der Waals surface area contributed by atoms with Crippen LogP contribution < -0.4 is 5.34 Å². The zero-order valence-electron chi connectivity index (χ0n) is 5.39. The summed E-state index contributed by atoms with van der Waals surface area (Å²) in [5, 5.41) is 6.87. The van der Waals surface area contributed by atoms with Crippen molar-refractivity contribution in [1.82, 2.24) is 5.34 Å². The van der Waals surface area contributed by atoms with Gasteiger partial charge in [0.15, 0.2) is 0 Å². The number of nitrogens with zero attached hydrogens (tertiary/aromatic N) is 1. The molecule has 1 rings (SSSR count). The topological polar surface area (TPSA) is 24.4 Å². The van der Waals surface area contributed by atoms with Crippen LogP contribution in [0.2, 0.25) is 5.82 Å². The molecule has 0 amide bonds. The molecule has 2 nitrogen and oxygen atoms in total. The fourth-order valence-electron chi connectivity index (χ4n) is 0.700. The Kier molecular flexibility index (Phi) is 1.56. The predicted molar refractivity (Wildman–Crippen MR) is 37.4 cm³/mol. The molecule has 0 saturated heterocycles. The molecule has 1 N–H and O–H groups in total. The molecule has 2 atom stereocenters. The van der Waals surface area contributed by atoms with Crippen LogP contribution in [0.15, 0.2) is 5.10 Å². The van der Waals surface area contributed by atoms with Crippen LogP contribution in [0.3, 0.4) is 0 Å². The Balaban J connectivity index is 2.47. The van der Waals surface area contributed by atoms with Gasteiger partial charge >= 0.3 is 0 Å². The maximum absolute atomic E-state index is 3.93. The van der Waals surface area contributed by atoms with Gasteiger partial charge in [-0.1, -0.05) is 13.8 Å². The second kappa shape index (κ2) is 2.20. The van der Waals surface area contributed by atoms with E-state index in [0.29, 0.717) is 5.92 Å². The Morgan fingerprint density at radius 3 is 2.75 bits per heavy atom. The Morgan fingerprint density at radius 2 is 2.38 bits per heavy atom. The van der Waals surface area contributed by atoms with Crippen molar-refractivity contribution in [3.63, 3.8) is 0 Å².